The lowest BCUT2D eigenvalue weighted by atomic mass is 10.1. The van der Waals surface area contributed by atoms with E-state index in [1.807, 2.05) is 0 Å². The Labute approximate surface area is 70.0 Å². The van der Waals surface area contributed by atoms with E-state index in [9.17, 15) is 4.79 Å². The van der Waals surface area contributed by atoms with E-state index in [1.165, 1.54) is 0 Å². The molecule has 0 spiro atoms. The van der Waals surface area contributed by atoms with E-state index in [0.29, 0.717) is 13.2 Å². The highest BCUT2D eigenvalue weighted by Crippen LogP contribution is 2.03. The largest absolute Gasteiger partial charge is 0.464 e. The molecule has 1 aliphatic rings. The monoisotopic (exact) mass is 175 g/mol. The van der Waals surface area contributed by atoms with Crippen LogP contribution >= 0.6 is 0 Å². The number of hydrogen-bond donors (Lipinski definition) is 4. The lowest BCUT2D eigenvalue weighted by Gasteiger charge is -2.28. The lowest BCUT2D eigenvalue weighted by Crippen LogP contribution is -2.56. The van der Waals surface area contributed by atoms with Crippen LogP contribution in [0.15, 0.2) is 0 Å². The number of nitrogens with one attached hydrogen (secondary N) is 2. The van der Waals surface area contributed by atoms with Gasteiger partial charge in [-0.05, 0) is 6.42 Å². The van der Waals surface area contributed by atoms with Gasteiger partial charge in [-0.3, -0.25) is 5.43 Å². The molecule has 0 saturated carbocycles. The van der Waals surface area contributed by atoms with Gasteiger partial charge in [-0.15, -0.1) is 0 Å². The summed E-state index contributed by atoms with van der Waals surface area (Å²) in [6.07, 6.45) is -0.369. The fourth-order valence-electron chi connectivity index (χ4n) is 1.06. The molecule has 0 aromatic rings. The molecular weight excluding hydrogens is 162 g/mol. The summed E-state index contributed by atoms with van der Waals surface area (Å²) < 4.78 is 5.11. The van der Waals surface area contributed by atoms with Crippen molar-refractivity contribution < 1.29 is 14.6 Å². The molecule has 1 heterocycles. The fraction of sp³-hybridized carbons (Fsp3) is 0.833. The maximum Gasteiger partial charge on any atom is 0.419 e. The third kappa shape index (κ3) is 2.65. The normalized spacial score (nSPS) is 29.8. The summed E-state index contributed by atoms with van der Waals surface area (Å²) in [6, 6.07) is -0.180. The summed E-state index contributed by atoms with van der Waals surface area (Å²) in [6.45, 7) is 1.09. The van der Waals surface area contributed by atoms with Gasteiger partial charge in [0.15, 0.2) is 0 Å². The number of ether oxygens (including phenoxy) is 1. The second-order valence-electron chi connectivity index (χ2n) is 2.71. The Morgan fingerprint density at radius 2 is 2.42 bits per heavy atom. The number of amides is 1. The van der Waals surface area contributed by atoms with Crippen molar-refractivity contribution in [2.24, 2.45) is 5.73 Å². The van der Waals surface area contributed by atoms with E-state index in [2.05, 4.69) is 10.9 Å². The maximum atomic E-state index is 10.1. The number of hydrogen-bond acceptors (Lipinski definition) is 4. The highest BCUT2D eigenvalue weighted by molar-refractivity contribution is 5.63. The Bertz CT molecular complexity index is 164. The third-order valence-corrected chi connectivity index (χ3v) is 1.77. The van der Waals surface area contributed by atoms with Crippen molar-refractivity contribution in [1.82, 2.24) is 10.9 Å². The van der Waals surface area contributed by atoms with Gasteiger partial charge in [-0.25, -0.2) is 10.2 Å². The van der Waals surface area contributed by atoms with Crippen molar-refractivity contribution in [2.45, 2.75) is 18.5 Å². The van der Waals surface area contributed by atoms with Gasteiger partial charge >= 0.3 is 6.09 Å². The van der Waals surface area contributed by atoms with E-state index in [4.69, 9.17) is 15.6 Å². The summed E-state index contributed by atoms with van der Waals surface area (Å²) in [5.41, 5.74) is 10.3. The second kappa shape index (κ2) is 4.24. The van der Waals surface area contributed by atoms with Crippen molar-refractivity contribution in [3.05, 3.63) is 0 Å². The topological polar surface area (TPSA) is 96.6 Å². The van der Waals surface area contributed by atoms with Crippen LogP contribution < -0.4 is 16.6 Å². The minimum absolute atomic E-state index is 0.0504. The molecule has 0 bridgehead atoms. The van der Waals surface area contributed by atoms with E-state index in [1.54, 1.807) is 0 Å². The molecule has 1 rings (SSSR count). The molecule has 5 N–H and O–H groups in total. The van der Waals surface area contributed by atoms with Crippen molar-refractivity contribution in [3.63, 3.8) is 0 Å². The molecule has 0 radical (unpaired) electrons. The van der Waals surface area contributed by atoms with Crippen LogP contribution in [0.2, 0.25) is 0 Å². The predicted octanol–water partition coefficient (Wildman–Crippen LogP) is -1.13. The number of rotatable bonds is 2. The number of nitrogens with two attached hydrogens (primary N) is 1. The van der Waals surface area contributed by atoms with Gasteiger partial charge in [0.05, 0.1) is 12.6 Å². The number of carbonyl (C=O) groups is 1. The zero-order valence-electron chi connectivity index (χ0n) is 6.62. The Hall–Kier alpha value is -0.850. The van der Waals surface area contributed by atoms with E-state index < -0.39 is 6.09 Å². The highest BCUT2D eigenvalue weighted by atomic mass is 16.5. The second-order valence-corrected chi connectivity index (χ2v) is 2.71. The summed E-state index contributed by atoms with van der Waals surface area (Å²) in [7, 11) is 0. The SMILES string of the molecule is N[C@@H]1CCOC[C@@H]1NNC(=O)O. The molecule has 2 atom stereocenters. The van der Waals surface area contributed by atoms with E-state index in [0.717, 1.165) is 6.42 Å². The average Bonchev–Trinajstić information content (AvgIpc) is 2.03. The minimum Gasteiger partial charge on any atom is -0.464 e. The van der Waals surface area contributed by atoms with Gasteiger partial charge < -0.3 is 15.6 Å². The molecule has 1 saturated heterocycles. The smallest absolute Gasteiger partial charge is 0.419 e. The standard InChI is InChI=1S/C6H13N3O3/c7-4-1-2-12-3-5(4)8-9-6(10)11/h4-5,8-9H,1-3,7H2,(H,10,11)/t4-,5+/m1/s1. The zero-order valence-corrected chi connectivity index (χ0v) is 6.62. The van der Waals surface area contributed by atoms with Crippen molar-refractivity contribution in [2.75, 3.05) is 13.2 Å². The first-order valence-electron chi connectivity index (χ1n) is 3.78. The molecule has 1 aliphatic heterocycles. The highest BCUT2D eigenvalue weighted by Gasteiger charge is 2.22. The van der Waals surface area contributed by atoms with Gasteiger partial charge in [0, 0.05) is 12.6 Å². The molecule has 70 valence electrons. The zero-order chi connectivity index (χ0) is 8.97. The van der Waals surface area contributed by atoms with Crippen LogP contribution in [0.1, 0.15) is 6.42 Å². The van der Waals surface area contributed by atoms with Crippen molar-refractivity contribution in [3.8, 4) is 0 Å². The summed E-state index contributed by atoms with van der Waals surface area (Å²) in [4.78, 5) is 10.1. The third-order valence-electron chi connectivity index (χ3n) is 1.77. The van der Waals surface area contributed by atoms with Crippen LogP contribution in [0.25, 0.3) is 0 Å². The molecule has 12 heavy (non-hydrogen) atoms. The molecule has 0 aromatic heterocycles. The molecule has 0 aliphatic carbocycles. The summed E-state index contributed by atoms with van der Waals surface area (Å²) in [5.74, 6) is 0. The van der Waals surface area contributed by atoms with Crippen molar-refractivity contribution >= 4 is 6.09 Å². The van der Waals surface area contributed by atoms with Gasteiger partial charge in [0.1, 0.15) is 0 Å². The van der Waals surface area contributed by atoms with Crippen LogP contribution in [0.5, 0.6) is 0 Å². The summed E-state index contributed by atoms with van der Waals surface area (Å²) >= 11 is 0. The van der Waals surface area contributed by atoms with Gasteiger partial charge in [-0.1, -0.05) is 0 Å². The van der Waals surface area contributed by atoms with Crippen LogP contribution in [0, 0.1) is 0 Å². The molecule has 0 aromatic carbocycles. The average molecular weight is 175 g/mol. The Balaban J connectivity index is 2.24. The number of hydrazine groups is 1. The fourth-order valence-corrected chi connectivity index (χ4v) is 1.06. The van der Waals surface area contributed by atoms with Crippen LogP contribution in [-0.2, 0) is 4.74 Å². The molecular formula is C6H13N3O3. The lowest BCUT2D eigenvalue weighted by molar-refractivity contribution is 0.0538. The molecule has 6 heteroatoms. The van der Waals surface area contributed by atoms with Crippen LogP contribution in [0.3, 0.4) is 0 Å². The number of carboxylic acid groups (broad SMARTS) is 1. The minimum atomic E-state index is -1.12. The maximum absolute atomic E-state index is 10.1. The van der Waals surface area contributed by atoms with E-state index >= 15 is 0 Å². The first-order valence-corrected chi connectivity index (χ1v) is 3.78. The quantitative estimate of drug-likeness (QED) is 0.398. The van der Waals surface area contributed by atoms with E-state index in [-0.39, 0.29) is 12.1 Å². The Morgan fingerprint density at radius 3 is 3.00 bits per heavy atom. The van der Waals surface area contributed by atoms with Crippen LogP contribution in [-0.4, -0.2) is 36.5 Å². The molecule has 0 unspecified atom stereocenters. The first-order chi connectivity index (χ1) is 5.70. The van der Waals surface area contributed by atoms with Gasteiger partial charge in [0.2, 0.25) is 0 Å². The predicted molar refractivity (Wildman–Crippen MR) is 41.5 cm³/mol. The molecule has 1 amide bonds. The Morgan fingerprint density at radius 1 is 1.67 bits per heavy atom. The van der Waals surface area contributed by atoms with Gasteiger partial charge in [-0.2, -0.15) is 0 Å². The molecule has 6 nitrogen and oxygen atoms in total. The summed E-state index contributed by atoms with van der Waals surface area (Å²) in [5, 5.41) is 8.28. The van der Waals surface area contributed by atoms with Crippen LogP contribution in [0.4, 0.5) is 4.79 Å². The molecule has 1 fully saturated rings. The van der Waals surface area contributed by atoms with Gasteiger partial charge in [0.25, 0.3) is 0 Å². The Kier molecular flexibility index (Phi) is 3.27. The van der Waals surface area contributed by atoms with Crippen molar-refractivity contribution in [1.29, 1.82) is 0 Å². The first kappa shape index (κ1) is 9.24.